The zero-order valence-electron chi connectivity index (χ0n) is 8.81. The maximum absolute atomic E-state index is 12.9. The number of hydrogen-bond acceptors (Lipinski definition) is 2. The maximum atomic E-state index is 12.9. The molecule has 2 rings (SSSR count). The monoisotopic (exact) mass is 247 g/mol. The molecule has 1 heterocycles. The van der Waals surface area contributed by atoms with Crippen molar-refractivity contribution in [1.82, 2.24) is 5.32 Å². The summed E-state index contributed by atoms with van der Waals surface area (Å²) in [5.41, 5.74) is 0.228. The van der Waals surface area contributed by atoms with E-state index in [-0.39, 0.29) is 11.3 Å². The van der Waals surface area contributed by atoms with Gasteiger partial charge in [-0.2, -0.15) is 13.2 Å². The van der Waals surface area contributed by atoms with E-state index >= 15 is 0 Å². The molecule has 0 spiro atoms. The molecule has 0 bridgehead atoms. The van der Waals surface area contributed by atoms with Crippen molar-refractivity contribution in [1.29, 1.82) is 0 Å². The van der Waals surface area contributed by atoms with Gasteiger partial charge >= 0.3 is 6.18 Å². The lowest BCUT2D eigenvalue weighted by Gasteiger charge is -2.16. The number of furan rings is 1. The number of rotatable bonds is 2. The molecule has 92 valence electrons. The van der Waals surface area contributed by atoms with Gasteiger partial charge < -0.3 is 9.73 Å². The molecule has 1 N–H and O–H groups in total. The Kier molecular flexibility index (Phi) is 2.82. The second kappa shape index (κ2) is 4.03. The Hall–Kier alpha value is -1.56. The van der Waals surface area contributed by atoms with E-state index in [1.54, 1.807) is 0 Å². The van der Waals surface area contributed by atoms with Crippen molar-refractivity contribution in [2.75, 3.05) is 7.05 Å². The lowest BCUT2D eigenvalue weighted by Crippen LogP contribution is -2.31. The summed E-state index contributed by atoms with van der Waals surface area (Å²) in [5, 5.41) is 2.43. The van der Waals surface area contributed by atoms with Gasteiger partial charge in [-0.25, -0.2) is 4.39 Å². The van der Waals surface area contributed by atoms with Crippen molar-refractivity contribution in [2.45, 2.75) is 12.2 Å². The molecule has 2 aromatic rings. The number of hydrogen-bond donors (Lipinski definition) is 1. The van der Waals surface area contributed by atoms with Gasteiger partial charge in [0.2, 0.25) is 0 Å². The molecule has 0 aliphatic heterocycles. The van der Waals surface area contributed by atoms with Crippen LogP contribution in [0.25, 0.3) is 11.0 Å². The van der Waals surface area contributed by atoms with Crippen LogP contribution in [0, 0.1) is 5.82 Å². The zero-order valence-corrected chi connectivity index (χ0v) is 8.81. The van der Waals surface area contributed by atoms with Gasteiger partial charge in [-0.05, 0) is 31.3 Å². The van der Waals surface area contributed by atoms with Crippen LogP contribution in [0.5, 0.6) is 0 Å². The fourth-order valence-corrected chi connectivity index (χ4v) is 1.64. The highest BCUT2D eigenvalue weighted by Crippen LogP contribution is 2.35. The van der Waals surface area contributed by atoms with Crippen LogP contribution in [-0.4, -0.2) is 13.2 Å². The largest absolute Gasteiger partial charge is 0.459 e. The highest BCUT2D eigenvalue weighted by atomic mass is 19.4. The van der Waals surface area contributed by atoms with Crippen LogP contribution in [-0.2, 0) is 0 Å². The second-order valence-electron chi connectivity index (χ2n) is 3.59. The molecule has 0 amide bonds. The van der Waals surface area contributed by atoms with Crippen LogP contribution in [0.1, 0.15) is 11.8 Å². The van der Waals surface area contributed by atoms with Gasteiger partial charge in [0.15, 0.2) is 6.04 Å². The smallest absolute Gasteiger partial charge is 0.410 e. The lowest BCUT2D eigenvalue weighted by atomic mass is 10.2. The molecular weight excluding hydrogens is 238 g/mol. The molecule has 6 heteroatoms. The van der Waals surface area contributed by atoms with Crippen LogP contribution < -0.4 is 5.32 Å². The number of benzene rings is 1. The molecule has 0 aliphatic rings. The van der Waals surface area contributed by atoms with Crippen molar-refractivity contribution >= 4 is 11.0 Å². The van der Waals surface area contributed by atoms with E-state index in [1.807, 2.05) is 0 Å². The summed E-state index contributed by atoms with van der Waals surface area (Å²) < 4.78 is 55.8. The highest BCUT2D eigenvalue weighted by Gasteiger charge is 2.41. The first-order valence-electron chi connectivity index (χ1n) is 4.85. The Balaban J connectivity index is 2.48. The first kappa shape index (κ1) is 11.9. The first-order valence-corrected chi connectivity index (χ1v) is 4.85. The van der Waals surface area contributed by atoms with E-state index < -0.39 is 18.0 Å². The van der Waals surface area contributed by atoms with Crippen molar-refractivity contribution in [3.8, 4) is 0 Å². The molecule has 2 nitrogen and oxygen atoms in total. The van der Waals surface area contributed by atoms with Crippen molar-refractivity contribution in [3.05, 3.63) is 35.8 Å². The van der Waals surface area contributed by atoms with Gasteiger partial charge in [-0.15, -0.1) is 0 Å². The van der Waals surface area contributed by atoms with Crippen LogP contribution in [0.2, 0.25) is 0 Å². The van der Waals surface area contributed by atoms with Gasteiger partial charge in [0, 0.05) is 5.39 Å². The molecule has 1 aromatic carbocycles. The minimum atomic E-state index is -4.46. The van der Waals surface area contributed by atoms with Crippen LogP contribution in [0.4, 0.5) is 17.6 Å². The summed E-state index contributed by atoms with van der Waals surface area (Å²) >= 11 is 0. The van der Waals surface area contributed by atoms with E-state index in [0.717, 1.165) is 12.1 Å². The molecule has 1 atom stereocenters. The van der Waals surface area contributed by atoms with Crippen molar-refractivity contribution in [2.24, 2.45) is 0 Å². The minimum Gasteiger partial charge on any atom is -0.459 e. The Morgan fingerprint density at radius 2 is 1.94 bits per heavy atom. The minimum absolute atomic E-state index is 0.228. The Labute approximate surface area is 94.2 Å². The second-order valence-corrected chi connectivity index (χ2v) is 3.59. The molecule has 0 saturated carbocycles. The normalized spacial score (nSPS) is 14.2. The molecule has 1 unspecified atom stereocenters. The first-order chi connectivity index (χ1) is 7.91. The molecule has 0 radical (unpaired) electrons. The topological polar surface area (TPSA) is 25.2 Å². The van der Waals surface area contributed by atoms with Crippen LogP contribution in [0.3, 0.4) is 0 Å². The Morgan fingerprint density at radius 1 is 1.24 bits per heavy atom. The van der Waals surface area contributed by atoms with E-state index in [0.29, 0.717) is 5.39 Å². The third-order valence-electron chi connectivity index (χ3n) is 2.40. The summed E-state index contributed by atoms with van der Waals surface area (Å²) in [4.78, 5) is 0. The third kappa shape index (κ3) is 2.26. The van der Waals surface area contributed by atoms with Gasteiger partial charge in [0.05, 0.1) is 0 Å². The van der Waals surface area contributed by atoms with Crippen molar-refractivity contribution in [3.63, 3.8) is 0 Å². The Morgan fingerprint density at radius 3 is 2.53 bits per heavy atom. The highest BCUT2D eigenvalue weighted by molar-refractivity contribution is 5.78. The van der Waals surface area contributed by atoms with Gasteiger partial charge in [0.1, 0.15) is 17.2 Å². The quantitative estimate of drug-likeness (QED) is 0.823. The molecule has 0 aliphatic carbocycles. The SMILES string of the molecule is CNC(c1cc2cc(F)ccc2o1)C(F)(F)F. The van der Waals surface area contributed by atoms with E-state index in [9.17, 15) is 17.6 Å². The van der Waals surface area contributed by atoms with E-state index in [4.69, 9.17) is 4.42 Å². The van der Waals surface area contributed by atoms with Gasteiger partial charge in [-0.1, -0.05) is 0 Å². The summed E-state index contributed by atoms with van der Waals surface area (Å²) in [5.74, 6) is -0.793. The average molecular weight is 247 g/mol. The zero-order chi connectivity index (χ0) is 12.6. The number of alkyl halides is 3. The van der Waals surface area contributed by atoms with Crippen LogP contribution >= 0.6 is 0 Å². The van der Waals surface area contributed by atoms with Crippen molar-refractivity contribution < 1.29 is 22.0 Å². The lowest BCUT2D eigenvalue weighted by molar-refractivity contribution is -0.159. The molecule has 17 heavy (non-hydrogen) atoms. The van der Waals surface area contributed by atoms with Gasteiger partial charge in [0.25, 0.3) is 0 Å². The van der Waals surface area contributed by atoms with Gasteiger partial charge in [-0.3, -0.25) is 0 Å². The summed E-state index contributed by atoms with van der Waals surface area (Å²) in [7, 11) is 1.19. The standard InChI is InChI=1S/C11H9F4NO/c1-16-10(11(13,14)15)9-5-6-4-7(12)2-3-8(6)17-9/h2-5,10,16H,1H3. The number of fused-ring (bicyclic) bond motifs is 1. The summed E-state index contributed by atoms with van der Waals surface area (Å²) in [6, 6.07) is 2.87. The molecule has 0 saturated heterocycles. The molecular formula is C11H9F4NO. The predicted octanol–water partition coefficient (Wildman–Crippen LogP) is 3.39. The average Bonchev–Trinajstić information content (AvgIpc) is 2.58. The van der Waals surface area contributed by atoms with Crippen LogP contribution in [0.15, 0.2) is 28.7 Å². The fraction of sp³-hybridized carbons (Fsp3) is 0.273. The Bertz CT molecular complexity index is 532. The number of nitrogens with one attached hydrogen (secondary N) is 1. The van der Waals surface area contributed by atoms with E-state index in [1.165, 1.54) is 19.2 Å². The molecule has 0 fully saturated rings. The predicted molar refractivity (Wildman–Crippen MR) is 54.0 cm³/mol. The summed E-state index contributed by atoms with van der Waals surface area (Å²) in [6.45, 7) is 0. The van der Waals surface area contributed by atoms with E-state index in [2.05, 4.69) is 5.32 Å². The number of halogens is 4. The maximum Gasteiger partial charge on any atom is 0.410 e. The molecule has 1 aromatic heterocycles. The summed E-state index contributed by atoms with van der Waals surface area (Å²) in [6.07, 6.45) is -4.46. The third-order valence-corrected chi connectivity index (χ3v) is 2.40. The fourth-order valence-electron chi connectivity index (χ4n) is 1.64.